The molecule has 0 radical (unpaired) electrons. The van der Waals surface area contributed by atoms with Gasteiger partial charge in [0.2, 0.25) is 0 Å². The summed E-state index contributed by atoms with van der Waals surface area (Å²) >= 11 is 12.5. The van der Waals surface area contributed by atoms with Crippen molar-refractivity contribution < 1.29 is 4.79 Å². The third kappa shape index (κ3) is 3.30. The van der Waals surface area contributed by atoms with Gasteiger partial charge in [0.15, 0.2) is 0 Å². The number of halogens is 2. The number of amides is 1. The van der Waals surface area contributed by atoms with Gasteiger partial charge in [-0.05, 0) is 37.6 Å². The third-order valence-electron chi connectivity index (χ3n) is 4.40. The second kappa shape index (κ2) is 6.95. The van der Waals surface area contributed by atoms with Crippen molar-refractivity contribution in [1.29, 1.82) is 0 Å². The van der Waals surface area contributed by atoms with Crippen LogP contribution < -0.4 is 5.73 Å². The molecule has 1 amide bonds. The smallest absolute Gasteiger partial charge is 0.251 e. The second-order valence-electron chi connectivity index (χ2n) is 5.98. The highest BCUT2D eigenvalue weighted by Crippen LogP contribution is 2.36. The van der Waals surface area contributed by atoms with Crippen LogP contribution in [0.1, 0.15) is 27.3 Å². The summed E-state index contributed by atoms with van der Waals surface area (Å²) in [5, 5.41) is 1.27. The fourth-order valence-electron chi connectivity index (χ4n) is 3.23. The van der Waals surface area contributed by atoms with Crippen LogP contribution in [0.4, 0.5) is 0 Å². The SMILES string of the molecule is Cc1c(C(N)=O)c(-c2ccccc2Cl)c(C)n1Cc1cccc(Cl)c1. The third-order valence-corrected chi connectivity index (χ3v) is 4.97. The molecule has 0 aliphatic heterocycles. The highest BCUT2D eigenvalue weighted by molar-refractivity contribution is 6.33. The summed E-state index contributed by atoms with van der Waals surface area (Å²) in [5.41, 5.74) is 10.6. The normalized spacial score (nSPS) is 10.9. The van der Waals surface area contributed by atoms with Gasteiger partial charge < -0.3 is 10.3 Å². The predicted octanol–water partition coefficient (Wildman–Crippen LogP) is 5.23. The summed E-state index contributed by atoms with van der Waals surface area (Å²) < 4.78 is 2.07. The number of nitrogens with zero attached hydrogens (tertiary/aromatic N) is 1. The Bertz CT molecular complexity index is 960. The van der Waals surface area contributed by atoms with Gasteiger partial charge in [-0.1, -0.05) is 53.5 Å². The van der Waals surface area contributed by atoms with Crippen molar-refractivity contribution in [3.63, 3.8) is 0 Å². The lowest BCUT2D eigenvalue weighted by Crippen LogP contribution is -2.13. The fourth-order valence-corrected chi connectivity index (χ4v) is 3.68. The number of hydrogen-bond acceptors (Lipinski definition) is 1. The van der Waals surface area contributed by atoms with E-state index in [0.29, 0.717) is 22.2 Å². The largest absolute Gasteiger partial charge is 0.366 e. The molecule has 0 unspecified atom stereocenters. The van der Waals surface area contributed by atoms with Gasteiger partial charge in [0, 0.05) is 39.1 Å². The maximum Gasteiger partial charge on any atom is 0.251 e. The Balaban J connectivity index is 2.20. The Labute approximate surface area is 157 Å². The molecule has 1 heterocycles. The van der Waals surface area contributed by atoms with Gasteiger partial charge in [0.25, 0.3) is 5.91 Å². The molecule has 0 bridgehead atoms. The molecule has 2 aromatic carbocycles. The molecule has 2 N–H and O–H groups in total. The van der Waals surface area contributed by atoms with E-state index in [2.05, 4.69) is 4.57 Å². The zero-order valence-electron chi connectivity index (χ0n) is 14.0. The van der Waals surface area contributed by atoms with Gasteiger partial charge in [-0.2, -0.15) is 0 Å². The van der Waals surface area contributed by atoms with E-state index in [0.717, 1.165) is 28.1 Å². The highest BCUT2D eigenvalue weighted by atomic mass is 35.5. The molecule has 0 aliphatic carbocycles. The number of carbonyl (C=O) groups excluding carboxylic acids is 1. The maximum atomic E-state index is 12.1. The molecule has 0 aliphatic rings. The van der Waals surface area contributed by atoms with Crippen molar-refractivity contribution in [3.8, 4) is 11.1 Å². The van der Waals surface area contributed by atoms with Gasteiger partial charge in [-0.3, -0.25) is 4.79 Å². The first-order valence-corrected chi connectivity index (χ1v) is 8.64. The summed E-state index contributed by atoms with van der Waals surface area (Å²) in [6, 6.07) is 15.1. The van der Waals surface area contributed by atoms with Crippen LogP contribution in [0.5, 0.6) is 0 Å². The Morgan fingerprint density at radius 3 is 2.40 bits per heavy atom. The second-order valence-corrected chi connectivity index (χ2v) is 6.82. The molecular formula is C20H18Cl2N2O. The minimum absolute atomic E-state index is 0.458. The van der Waals surface area contributed by atoms with Crippen LogP contribution in [-0.2, 0) is 6.54 Å². The van der Waals surface area contributed by atoms with E-state index >= 15 is 0 Å². The van der Waals surface area contributed by atoms with E-state index in [-0.39, 0.29) is 0 Å². The number of aromatic nitrogens is 1. The molecule has 3 nitrogen and oxygen atoms in total. The van der Waals surface area contributed by atoms with Crippen molar-refractivity contribution in [3.05, 3.63) is 81.1 Å². The molecular weight excluding hydrogens is 355 g/mol. The lowest BCUT2D eigenvalue weighted by Gasteiger charge is -2.11. The fraction of sp³-hybridized carbons (Fsp3) is 0.150. The van der Waals surface area contributed by atoms with Gasteiger partial charge in [-0.15, -0.1) is 0 Å². The topological polar surface area (TPSA) is 48.0 Å². The van der Waals surface area contributed by atoms with E-state index in [1.54, 1.807) is 0 Å². The molecule has 0 saturated carbocycles. The molecule has 0 atom stereocenters. The summed E-state index contributed by atoms with van der Waals surface area (Å²) in [5.74, 6) is -0.458. The summed E-state index contributed by atoms with van der Waals surface area (Å²) in [6.45, 7) is 4.48. The first-order chi connectivity index (χ1) is 11.9. The average molecular weight is 373 g/mol. The lowest BCUT2D eigenvalue weighted by molar-refractivity contribution is 0.1000. The molecule has 3 rings (SSSR count). The average Bonchev–Trinajstić information content (AvgIpc) is 2.80. The van der Waals surface area contributed by atoms with Crippen LogP contribution in [-0.4, -0.2) is 10.5 Å². The van der Waals surface area contributed by atoms with Crippen LogP contribution in [0.2, 0.25) is 10.0 Å². The number of carbonyl (C=O) groups is 1. The minimum Gasteiger partial charge on any atom is -0.366 e. The molecule has 5 heteroatoms. The zero-order valence-corrected chi connectivity index (χ0v) is 15.5. The van der Waals surface area contributed by atoms with E-state index in [1.165, 1.54) is 0 Å². The van der Waals surface area contributed by atoms with E-state index in [1.807, 2.05) is 62.4 Å². The van der Waals surface area contributed by atoms with Crippen LogP contribution in [0.3, 0.4) is 0 Å². The number of nitrogens with two attached hydrogens (primary N) is 1. The van der Waals surface area contributed by atoms with Gasteiger partial charge in [-0.25, -0.2) is 0 Å². The Morgan fingerprint density at radius 2 is 1.76 bits per heavy atom. The van der Waals surface area contributed by atoms with Crippen LogP contribution in [0, 0.1) is 13.8 Å². The standard InChI is InChI=1S/C20H18Cl2N2O/c1-12-18(16-8-3-4-9-17(16)22)19(20(23)25)13(2)24(12)11-14-6-5-7-15(21)10-14/h3-10H,11H2,1-2H3,(H2,23,25). The van der Waals surface area contributed by atoms with Crippen molar-refractivity contribution >= 4 is 29.1 Å². The Morgan fingerprint density at radius 1 is 1.04 bits per heavy atom. The molecule has 0 fully saturated rings. The summed E-state index contributed by atoms with van der Waals surface area (Å²) in [7, 11) is 0. The van der Waals surface area contributed by atoms with Crippen molar-refractivity contribution in [2.75, 3.05) is 0 Å². The van der Waals surface area contributed by atoms with Crippen LogP contribution in [0.25, 0.3) is 11.1 Å². The Kier molecular flexibility index (Phi) is 4.89. The first kappa shape index (κ1) is 17.6. The van der Waals surface area contributed by atoms with Crippen molar-refractivity contribution in [2.24, 2.45) is 5.73 Å². The predicted molar refractivity (Wildman–Crippen MR) is 103 cm³/mol. The highest BCUT2D eigenvalue weighted by Gasteiger charge is 2.23. The monoisotopic (exact) mass is 372 g/mol. The first-order valence-electron chi connectivity index (χ1n) is 7.89. The van der Waals surface area contributed by atoms with Gasteiger partial charge >= 0.3 is 0 Å². The van der Waals surface area contributed by atoms with Crippen molar-refractivity contribution in [1.82, 2.24) is 4.57 Å². The summed E-state index contributed by atoms with van der Waals surface area (Å²) in [6.07, 6.45) is 0. The van der Waals surface area contributed by atoms with Gasteiger partial charge in [0.1, 0.15) is 0 Å². The molecule has 0 spiro atoms. The van der Waals surface area contributed by atoms with E-state index in [4.69, 9.17) is 28.9 Å². The molecule has 128 valence electrons. The van der Waals surface area contributed by atoms with Crippen LogP contribution >= 0.6 is 23.2 Å². The number of rotatable bonds is 4. The van der Waals surface area contributed by atoms with Crippen LogP contribution in [0.15, 0.2) is 48.5 Å². The molecule has 1 aromatic heterocycles. The maximum absolute atomic E-state index is 12.1. The van der Waals surface area contributed by atoms with E-state index in [9.17, 15) is 4.79 Å². The van der Waals surface area contributed by atoms with Gasteiger partial charge in [0.05, 0.1) is 5.56 Å². The van der Waals surface area contributed by atoms with E-state index < -0.39 is 5.91 Å². The number of primary amides is 1. The number of hydrogen-bond donors (Lipinski definition) is 1. The molecule has 0 saturated heterocycles. The molecule has 25 heavy (non-hydrogen) atoms. The zero-order chi connectivity index (χ0) is 18.1. The quantitative estimate of drug-likeness (QED) is 0.669. The molecule has 3 aromatic rings. The summed E-state index contributed by atoms with van der Waals surface area (Å²) in [4.78, 5) is 12.1. The lowest BCUT2D eigenvalue weighted by atomic mass is 10.00. The Hall–Kier alpha value is -2.23. The number of benzene rings is 2. The minimum atomic E-state index is -0.458. The van der Waals surface area contributed by atoms with Crippen molar-refractivity contribution in [2.45, 2.75) is 20.4 Å².